The summed E-state index contributed by atoms with van der Waals surface area (Å²) in [6, 6.07) is 4.73. The molecule has 96 valence electrons. The van der Waals surface area contributed by atoms with Crippen LogP contribution in [0.1, 0.15) is 20.3 Å². The Labute approximate surface area is 111 Å². The van der Waals surface area contributed by atoms with Gasteiger partial charge in [0, 0.05) is 23.2 Å². The number of anilines is 1. The summed E-state index contributed by atoms with van der Waals surface area (Å²) in [5.74, 6) is 0. The van der Waals surface area contributed by atoms with Crippen LogP contribution in [-0.4, -0.2) is 25.8 Å². The van der Waals surface area contributed by atoms with Gasteiger partial charge in [0.15, 0.2) is 0 Å². The Morgan fingerprint density at radius 3 is 2.59 bits per heavy atom. The van der Waals surface area contributed by atoms with Crippen molar-refractivity contribution in [3.05, 3.63) is 22.7 Å². The van der Waals surface area contributed by atoms with Crippen molar-refractivity contribution in [1.82, 2.24) is 4.31 Å². The maximum Gasteiger partial charge on any atom is 0.244 e. The van der Waals surface area contributed by atoms with Crippen molar-refractivity contribution in [3.8, 4) is 0 Å². The van der Waals surface area contributed by atoms with Crippen LogP contribution in [0, 0.1) is 0 Å². The zero-order chi connectivity index (χ0) is 13.2. The lowest BCUT2D eigenvalue weighted by molar-refractivity contribution is 0.380. The number of hydrogen-bond donors (Lipinski definition) is 1. The first kappa shape index (κ1) is 14.5. The third-order valence-corrected chi connectivity index (χ3v) is 5.79. The lowest BCUT2D eigenvalue weighted by Crippen LogP contribution is -2.34. The highest BCUT2D eigenvalue weighted by Crippen LogP contribution is 2.27. The van der Waals surface area contributed by atoms with Crippen molar-refractivity contribution in [3.63, 3.8) is 0 Å². The van der Waals surface area contributed by atoms with Crippen molar-refractivity contribution >= 4 is 31.6 Å². The molecule has 4 nitrogen and oxygen atoms in total. The van der Waals surface area contributed by atoms with Gasteiger partial charge < -0.3 is 5.73 Å². The molecule has 1 rings (SSSR count). The van der Waals surface area contributed by atoms with E-state index in [0.717, 1.165) is 6.42 Å². The van der Waals surface area contributed by atoms with Crippen molar-refractivity contribution in [2.45, 2.75) is 31.2 Å². The fraction of sp³-hybridized carbons (Fsp3) is 0.455. The van der Waals surface area contributed by atoms with Gasteiger partial charge in [0.2, 0.25) is 10.0 Å². The SMILES string of the molecule is CCC(C)N(C)S(=O)(=O)c1cc(N)ccc1Br. The summed E-state index contributed by atoms with van der Waals surface area (Å²) in [5, 5.41) is 0. The average Bonchev–Trinajstić information content (AvgIpc) is 2.30. The lowest BCUT2D eigenvalue weighted by atomic mass is 10.3. The van der Waals surface area contributed by atoms with E-state index in [0.29, 0.717) is 10.2 Å². The number of rotatable bonds is 4. The monoisotopic (exact) mass is 320 g/mol. The molecule has 0 fully saturated rings. The van der Waals surface area contributed by atoms with Crippen molar-refractivity contribution in [2.24, 2.45) is 0 Å². The van der Waals surface area contributed by atoms with Gasteiger partial charge in [-0.25, -0.2) is 8.42 Å². The second-order valence-corrected chi connectivity index (χ2v) is 6.79. The van der Waals surface area contributed by atoms with Gasteiger partial charge in [0.05, 0.1) is 4.90 Å². The normalized spacial score (nSPS) is 13.9. The molecule has 1 unspecified atom stereocenters. The van der Waals surface area contributed by atoms with E-state index in [2.05, 4.69) is 15.9 Å². The van der Waals surface area contributed by atoms with Gasteiger partial charge in [-0.05, 0) is 47.5 Å². The fourth-order valence-corrected chi connectivity index (χ4v) is 3.76. The predicted molar refractivity (Wildman–Crippen MR) is 73.3 cm³/mol. The third kappa shape index (κ3) is 3.00. The van der Waals surface area contributed by atoms with Gasteiger partial charge in [-0.3, -0.25) is 0 Å². The number of nitrogens with two attached hydrogens (primary N) is 1. The van der Waals surface area contributed by atoms with E-state index in [-0.39, 0.29) is 10.9 Å². The average molecular weight is 321 g/mol. The van der Waals surface area contributed by atoms with E-state index in [1.807, 2.05) is 13.8 Å². The second-order valence-electron chi connectivity index (χ2n) is 3.97. The molecule has 0 aliphatic carbocycles. The Bertz CT molecular complexity index is 502. The van der Waals surface area contributed by atoms with E-state index >= 15 is 0 Å². The van der Waals surface area contributed by atoms with Gasteiger partial charge in [0.25, 0.3) is 0 Å². The Morgan fingerprint density at radius 2 is 2.06 bits per heavy atom. The van der Waals surface area contributed by atoms with Crippen LogP contribution in [0.25, 0.3) is 0 Å². The molecule has 0 radical (unpaired) electrons. The molecule has 2 N–H and O–H groups in total. The van der Waals surface area contributed by atoms with Crippen LogP contribution in [0.5, 0.6) is 0 Å². The number of hydrogen-bond acceptors (Lipinski definition) is 3. The maximum absolute atomic E-state index is 12.3. The fourth-order valence-electron chi connectivity index (χ4n) is 1.37. The van der Waals surface area contributed by atoms with Crippen LogP contribution in [0.4, 0.5) is 5.69 Å². The van der Waals surface area contributed by atoms with Gasteiger partial charge in [-0.2, -0.15) is 4.31 Å². The summed E-state index contributed by atoms with van der Waals surface area (Å²) < 4.78 is 26.6. The first-order chi connectivity index (χ1) is 7.80. The minimum atomic E-state index is -3.50. The van der Waals surface area contributed by atoms with Crippen molar-refractivity contribution in [1.29, 1.82) is 0 Å². The molecule has 1 atom stereocenters. The lowest BCUT2D eigenvalue weighted by Gasteiger charge is -2.23. The quantitative estimate of drug-likeness (QED) is 0.867. The summed E-state index contributed by atoms with van der Waals surface area (Å²) in [5.41, 5.74) is 6.06. The van der Waals surface area contributed by atoms with Gasteiger partial charge in [-0.1, -0.05) is 6.92 Å². The molecular formula is C11H17BrN2O2S. The van der Waals surface area contributed by atoms with Crippen molar-refractivity contribution in [2.75, 3.05) is 12.8 Å². The predicted octanol–water partition coefficient (Wildman–Crippen LogP) is 2.45. The van der Waals surface area contributed by atoms with E-state index in [9.17, 15) is 8.42 Å². The molecule has 6 heteroatoms. The van der Waals surface area contributed by atoms with Crippen LogP contribution in [0.3, 0.4) is 0 Å². The summed E-state index contributed by atoms with van der Waals surface area (Å²) >= 11 is 3.24. The van der Waals surface area contributed by atoms with Crippen LogP contribution in [-0.2, 0) is 10.0 Å². The highest BCUT2D eigenvalue weighted by molar-refractivity contribution is 9.10. The highest BCUT2D eigenvalue weighted by atomic mass is 79.9. The largest absolute Gasteiger partial charge is 0.399 e. The number of sulfonamides is 1. The summed E-state index contributed by atoms with van der Waals surface area (Å²) in [6.45, 7) is 3.82. The Balaban J connectivity index is 3.26. The molecule has 0 aromatic heterocycles. The molecule has 0 spiro atoms. The summed E-state index contributed by atoms with van der Waals surface area (Å²) in [6.07, 6.45) is 0.760. The number of nitrogen functional groups attached to an aromatic ring is 1. The van der Waals surface area contributed by atoms with Crippen molar-refractivity contribution < 1.29 is 8.42 Å². The Kier molecular flexibility index (Phi) is 4.57. The third-order valence-electron chi connectivity index (χ3n) is 2.82. The zero-order valence-corrected chi connectivity index (χ0v) is 12.5. The maximum atomic E-state index is 12.3. The molecule has 0 heterocycles. The molecule has 0 saturated carbocycles. The second kappa shape index (κ2) is 5.37. The van der Waals surface area contributed by atoms with E-state index < -0.39 is 10.0 Å². The zero-order valence-electron chi connectivity index (χ0n) is 10.1. The van der Waals surface area contributed by atoms with Crippen LogP contribution >= 0.6 is 15.9 Å². The topological polar surface area (TPSA) is 63.4 Å². The molecule has 1 aromatic rings. The summed E-state index contributed by atoms with van der Waals surface area (Å²) in [4.78, 5) is 0.209. The molecule has 1 aromatic carbocycles. The number of benzene rings is 1. The molecule has 0 saturated heterocycles. The van der Waals surface area contributed by atoms with Crippen LogP contribution in [0.15, 0.2) is 27.6 Å². The Morgan fingerprint density at radius 1 is 1.47 bits per heavy atom. The molecular weight excluding hydrogens is 304 g/mol. The number of halogens is 1. The first-order valence-corrected chi connectivity index (χ1v) is 7.57. The van der Waals surface area contributed by atoms with E-state index in [4.69, 9.17) is 5.73 Å². The van der Waals surface area contributed by atoms with Gasteiger partial charge in [0.1, 0.15) is 0 Å². The van der Waals surface area contributed by atoms with Gasteiger partial charge in [-0.15, -0.1) is 0 Å². The smallest absolute Gasteiger partial charge is 0.244 e. The van der Waals surface area contributed by atoms with E-state index in [1.54, 1.807) is 19.2 Å². The van der Waals surface area contributed by atoms with Crippen LogP contribution in [0.2, 0.25) is 0 Å². The van der Waals surface area contributed by atoms with Crippen LogP contribution < -0.4 is 5.73 Å². The minimum absolute atomic E-state index is 0.0478. The highest BCUT2D eigenvalue weighted by Gasteiger charge is 2.26. The summed E-state index contributed by atoms with van der Waals surface area (Å²) in [7, 11) is -1.91. The molecule has 0 aliphatic heterocycles. The van der Waals surface area contributed by atoms with E-state index in [1.165, 1.54) is 10.4 Å². The number of nitrogens with zero attached hydrogens (tertiary/aromatic N) is 1. The molecule has 17 heavy (non-hydrogen) atoms. The first-order valence-electron chi connectivity index (χ1n) is 5.33. The standard InChI is InChI=1S/C11H17BrN2O2S/c1-4-8(2)14(3)17(15,16)11-7-9(13)5-6-10(11)12/h5-8H,4,13H2,1-3H3. The molecule has 0 aliphatic rings. The van der Waals surface area contributed by atoms with Gasteiger partial charge >= 0.3 is 0 Å². The molecule has 0 bridgehead atoms. The Hall–Kier alpha value is -0.590. The minimum Gasteiger partial charge on any atom is -0.399 e. The molecule has 0 amide bonds.